The molecule has 6 aliphatic rings. The molecule has 21 heteroatoms. The summed E-state index contributed by atoms with van der Waals surface area (Å²) in [5.41, 5.74) is 9.78. The van der Waals surface area contributed by atoms with Crippen LogP contribution in [-0.4, -0.2) is 135 Å². The van der Waals surface area contributed by atoms with Crippen LogP contribution in [0.3, 0.4) is 0 Å². The highest BCUT2D eigenvalue weighted by Gasteiger charge is 2.54. The van der Waals surface area contributed by atoms with E-state index >= 15 is 0 Å². The lowest BCUT2D eigenvalue weighted by atomic mass is 9.67. The number of nitrogens with two attached hydrogens (primary N) is 1. The molecule has 2 aromatic heterocycles. The zero-order valence-electron chi connectivity index (χ0n) is 58.8. The maximum Gasteiger partial charge on any atom is 0.410 e. The Hall–Kier alpha value is -9.76. The number of nitrogens with one attached hydrogen (secondary N) is 1. The van der Waals surface area contributed by atoms with Crippen molar-refractivity contribution in [2.24, 2.45) is 16.3 Å². The number of hydrogen-bond donors (Lipinski definition) is 4. The largest absolute Gasteiger partial charge is 0.496 e. The van der Waals surface area contributed by atoms with E-state index in [-0.39, 0.29) is 46.5 Å². The number of carboxylic acid groups (broad SMARTS) is 1. The average molecular weight is 1360 g/mol. The Morgan fingerprint density at radius 2 is 0.940 bits per heavy atom. The smallest absolute Gasteiger partial charge is 0.410 e. The number of hydrogen-bond acceptors (Lipinski definition) is 17. The van der Waals surface area contributed by atoms with E-state index in [1.54, 1.807) is 37.3 Å². The highest BCUT2D eigenvalue weighted by Crippen LogP contribution is 2.52. The number of oxime groups is 1. The normalized spacial score (nSPS) is 20.9. The molecule has 6 aliphatic carbocycles. The van der Waals surface area contributed by atoms with Crippen LogP contribution in [0.5, 0.6) is 17.2 Å². The van der Waals surface area contributed by atoms with Gasteiger partial charge in [-0.1, -0.05) is 162 Å². The number of amides is 2. The van der Waals surface area contributed by atoms with Crippen LogP contribution in [0.2, 0.25) is 0 Å². The van der Waals surface area contributed by atoms with Gasteiger partial charge in [0.2, 0.25) is 0 Å². The first-order valence-electron chi connectivity index (χ1n) is 34.8. The van der Waals surface area contributed by atoms with Gasteiger partial charge in [0, 0.05) is 66.3 Å². The van der Waals surface area contributed by atoms with Gasteiger partial charge >= 0.3 is 18.2 Å². The van der Waals surface area contributed by atoms with Gasteiger partial charge in [0.05, 0.1) is 37.9 Å². The van der Waals surface area contributed by atoms with E-state index in [2.05, 4.69) is 87.5 Å². The van der Waals surface area contributed by atoms with Crippen molar-refractivity contribution in [3.63, 3.8) is 0 Å². The van der Waals surface area contributed by atoms with Crippen molar-refractivity contribution >= 4 is 24.0 Å². The van der Waals surface area contributed by atoms with Crippen molar-refractivity contribution in [1.82, 2.24) is 35.4 Å². The molecule has 5 N–H and O–H groups in total. The molecule has 100 heavy (non-hydrogen) atoms. The Balaban J connectivity index is 0.000000142. The number of benzene rings is 6. The Morgan fingerprint density at radius 3 is 1.33 bits per heavy atom. The molecule has 0 bridgehead atoms. The molecule has 0 spiro atoms. The molecule has 6 saturated carbocycles. The van der Waals surface area contributed by atoms with Crippen molar-refractivity contribution in [3.05, 3.63) is 198 Å². The van der Waals surface area contributed by atoms with Crippen LogP contribution in [-0.2, 0) is 20.3 Å². The lowest BCUT2D eigenvalue weighted by molar-refractivity contribution is 0.0110. The number of carbonyl (C=O) groups is 3. The molecule has 14 rings (SSSR count). The van der Waals surface area contributed by atoms with Crippen LogP contribution in [0.15, 0.2) is 178 Å². The van der Waals surface area contributed by atoms with Crippen molar-refractivity contribution in [2.75, 3.05) is 41.0 Å². The molecular formula is C79H95N9O12. The molecule has 2 heterocycles. The summed E-state index contributed by atoms with van der Waals surface area (Å²) in [7, 11) is 4.73. The number of nitrogens with zero attached hydrogens (tertiary/aromatic N) is 7. The zero-order chi connectivity index (χ0) is 70.8. The second-order valence-electron chi connectivity index (χ2n) is 29.2. The number of ether oxygens (including phenoxy) is 5. The van der Waals surface area contributed by atoms with E-state index in [0.717, 1.165) is 93.5 Å². The Kier molecular flexibility index (Phi) is 22.0. The van der Waals surface area contributed by atoms with Gasteiger partial charge in [0.1, 0.15) is 39.8 Å². The summed E-state index contributed by atoms with van der Waals surface area (Å²) in [6, 6.07) is 54.0. The number of aromatic nitrogens is 4. The molecule has 0 aliphatic heterocycles. The zero-order valence-corrected chi connectivity index (χ0v) is 58.8. The van der Waals surface area contributed by atoms with E-state index in [1.807, 2.05) is 119 Å². The molecule has 0 radical (unpaired) electrons. The number of para-hydroxylation sites is 3. The summed E-state index contributed by atoms with van der Waals surface area (Å²) in [6.07, 6.45) is 11.4. The fourth-order valence-corrected chi connectivity index (χ4v) is 13.8. The summed E-state index contributed by atoms with van der Waals surface area (Å²) in [5, 5.41) is 33.6. The van der Waals surface area contributed by atoms with Crippen LogP contribution in [0.1, 0.15) is 175 Å². The average Bonchev–Trinajstić information content (AvgIpc) is 1.58. The summed E-state index contributed by atoms with van der Waals surface area (Å²) in [4.78, 5) is 50.1. The molecule has 8 aromatic rings. The Morgan fingerprint density at radius 1 is 0.540 bits per heavy atom. The third-order valence-corrected chi connectivity index (χ3v) is 20.1. The van der Waals surface area contributed by atoms with Crippen LogP contribution in [0.4, 0.5) is 9.59 Å². The molecule has 528 valence electrons. The topological polar surface area (TPSA) is 273 Å². The first-order chi connectivity index (χ1) is 48.1. The minimum atomic E-state index is -0.970. The van der Waals surface area contributed by atoms with Gasteiger partial charge < -0.3 is 63.9 Å². The van der Waals surface area contributed by atoms with Crippen molar-refractivity contribution < 1.29 is 57.4 Å². The monoisotopic (exact) mass is 1360 g/mol. The predicted molar refractivity (Wildman–Crippen MR) is 380 cm³/mol. The fraction of sp³-hybridized carbons (Fsp3) is 0.443. The van der Waals surface area contributed by atoms with E-state index < -0.39 is 22.6 Å². The lowest BCUT2D eigenvalue weighted by Gasteiger charge is -2.44. The quantitative estimate of drug-likeness (QED) is 0.0225. The second-order valence-corrected chi connectivity index (χ2v) is 29.2. The molecule has 2 amide bonds. The summed E-state index contributed by atoms with van der Waals surface area (Å²) < 4.78 is 38.5. The van der Waals surface area contributed by atoms with Gasteiger partial charge in [-0.15, -0.1) is 0 Å². The van der Waals surface area contributed by atoms with Crippen molar-refractivity contribution in [3.8, 4) is 40.2 Å². The van der Waals surface area contributed by atoms with Gasteiger partial charge in [-0.2, -0.15) is 9.97 Å². The van der Waals surface area contributed by atoms with Crippen LogP contribution < -0.4 is 25.3 Å². The molecule has 6 aromatic carbocycles. The summed E-state index contributed by atoms with van der Waals surface area (Å²) in [6.45, 7) is 13.2. The van der Waals surface area contributed by atoms with E-state index in [1.165, 1.54) is 42.7 Å². The summed E-state index contributed by atoms with van der Waals surface area (Å²) in [5.74, 6) is 4.77. The van der Waals surface area contributed by atoms with E-state index in [4.69, 9.17) is 53.5 Å². The number of amidine groups is 1. The molecular weight excluding hydrogens is 1270 g/mol. The van der Waals surface area contributed by atoms with Gasteiger partial charge in [0.15, 0.2) is 11.6 Å². The first kappa shape index (κ1) is 71.5. The van der Waals surface area contributed by atoms with Crippen molar-refractivity contribution in [2.45, 2.75) is 177 Å². The van der Waals surface area contributed by atoms with Crippen LogP contribution in [0, 0.1) is 5.41 Å². The molecule has 6 fully saturated rings. The maximum absolute atomic E-state index is 13.4. The van der Waals surface area contributed by atoms with Gasteiger partial charge in [0.25, 0.3) is 11.8 Å². The van der Waals surface area contributed by atoms with Gasteiger partial charge in [-0.3, -0.25) is 0 Å². The van der Waals surface area contributed by atoms with Gasteiger partial charge in [-0.25, -0.2) is 14.4 Å². The van der Waals surface area contributed by atoms with Gasteiger partial charge in [-0.05, 0) is 152 Å². The summed E-state index contributed by atoms with van der Waals surface area (Å²) >= 11 is 0. The molecule has 0 saturated heterocycles. The second kappa shape index (κ2) is 30.8. The lowest BCUT2D eigenvalue weighted by Crippen LogP contribution is -2.53. The predicted octanol–water partition coefficient (Wildman–Crippen LogP) is 15.4. The van der Waals surface area contributed by atoms with Crippen molar-refractivity contribution in [1.29, 1.82) is 0 Å². The fourth-order valence-electron chi connectivity index (χ4n) is 13.8. The van der Waals surface area contributed by atoms with Crippen LogP contribution in [0.25, 0.3) is 22.9 Å². The van der Waals surface area contributed by atoms with Crippen LogP contribution >= 0.6 is 0 Å². The number of carboxylic acids is 1. The molecule has 3 unspecified atom stereocenters. The molecule has 21 nitrogen and oxygen atoms in total. The highest BCUT2D eigenvalue weighted by molar-refractivity contribution is 5.90. The minimum Gasteiger partial charge on any atom is -0.496 e. The standard InChI is InChI=1S/C28H33N3O4.C23H25N3O2.C20H29N3O3.C8H8O3/c1-27(2,3)34-26(32)31(22-17-21(22)19-11-6-5-7-12-19)18-28(15-10-16-28)25-29-24(35-30-25)20-13-8-9-14-23(20)33-4;1-27-20-11-6-5-10-17(20)21-25-22(26-28-21)23(12-7-13-23)15-24-19-14-18(19)16-8-3-2-4-9-16;1-19(2,3)26-18(24)23(13-20(10-7-11-20)17(21)22-25)16-12-15(16)14-8-5-4-6-9-14;1-11-7-5-3-2-4-6(7)8(9)10/h5-9,11-14,21-22H,10,15-18H2,1-4H3;2-6,8-11,18-19,24H,7,12-15H2,1H3;4-6,8-9,15-16,25H,7,10-13H2,1-3H3,(H2,21,22);2-5H,1H3,(H,9,10)/t21?,22-;18?,19-;15?,16-;/m000./s1. The Labute approximate surface area is 585 Å². The van der Waals surface area contributed by atoms with E-state index in [9.17, 15) is 19.6 Å². The Bertz CT molecular complexity index is 4060. The number of carbonyl (C=O) groups excluding carboxylic acids is 2. The third kappa shape index (κ3) is 16.9. The minimum absolute atomic E-state index is 0.00636. The number of aromatic carboxylic acids is 1. The first-order valence-corrected chi connectivity index (χ1v) is 34.8. The number of methoxy groups -OCH3 is 3. The number of rotatable bonds is 21. The third-order valence-electron chi connectivity index (χ3n) is 20.1. The molecule has 6 atom stereocenters. The SMILES string of the molecule is CC(C)(C)OC(=O)N(CC1(C(N)=NO)CCC1)[C@H]1CC1c1ccccc1.COc1ccccc1-c1nc(C2(CN(C(=O)OC(C)(C)C)[C@H]3CC3c3ccccc3)CCC2)no1.COc1ccccc1-c1nc(C2(CN[C@H]3CC3c3ccccc3)CCC2)no1.COc1ccccc1C(=O)O. The van der Waals surface area contributed by atoms with E-state index in [0.29, 0.717) is 66.0 Å². The highest BCUT2D eigenvalue weighted by atomic mass is 16.6. The maximum atomic E-state index is 13.4.